The topological polar surface area (TPSA) is 9.23 Å². The predicted molar refractivity (Wildman–Crippen MR) is 67.8 cm³/mol. The molecule has 0 amide bonds. The third-order valence-electron chi connectivity index (χ3n) is 2.55. The highest BCUT2D eigenvalue weighted by molar-refractivity contribution is 7.12. The SMILES string of the molecule is CCCCCOCCc1cc(C)sc1C. The summed E-state index contributed by atoms with van der Waals surface area (Å²) in [6.45, 7) is 8.39. The van der Waals surface area contributed by atoms with E-state index in [1.54, 1.807) is 0 Å². The van der Waals surface area contributed by atoms with Gasteiger partial charge in [-0.2, -0.15) is 0 Å². The molecule has 15 heavy (non-hydrogen) atoms. The third kappa shape index (κ3) is 4.80. The largest absolute Gasteiger partial charge is 0.381 e. The molecule has 0 aliphatic rings. The summed E-state index contributed by atoms with van der Waals surface area (Å²) in [5, 5.41) is 0. The van der Waals surface area contributed by atoms with Gasteiger partial charge in [-0.25, -0.2) is 0 Å². The molecule has 0 saturated carbocycles. The Morgan fingerprint density at radius 3 is 2.60 bits per heavy atom. The lowest BCUT2D eigenvalue weighted by molar-refractivity contribution is 0.133. The predicted octanol–water partition coefficient (Wildman–Crippen LogP) is 4.11. The maximum atomic E-state index is 5.61. The number of unbranched alkanes of at least 4 members (excludes halogenated alkanes) is 2. The number of aryl methyl sites for hydroxylation is 2. The lowest BCUT2D eigenvalue weighted by atomic mass is 10.2. The lowest BCUT2D eigenvalue weighted by Crippen LogP contribution is -2.00. The minimum Gasteiger partial charge on any atom is -0.381 e. The Hall–Kier alpha value is -0.340. The van der Waals surface area contributed by atoms with Crippen molar-refractivity contribution >= 4 is 11.3 Å². The van der Waals surface area contributed by atoms with Crippen LogP contribution >= 0.6 is 11.3 Å². The number of hydrogen-bond donors (Lipinski definition) is 0. The molecule has 2 heteroatoms. The Labute approximate surface area is 97.5 Å². The zero-order chi connectivity index (χ0) is 11.1. The van der Waals surface area contributed by atoms with Crippen molar-refractivity contribution in [2.45, 2.75) is 46.5 Å². The zero-order valence-corrected chi connectivity index (χ0v) is 11.0. The van der Waals surface area contributed by atoms with Gasteiger partial charge in [0, 0.05) is 16.4 Å². The van der Waals surface area contributed by atoms with E-state index in [4.69, 9.17) is 4.74 Å². The number of thiophene rings is 1. The Bertz CT molecular complexity index is 278. The van der Waals surface area contributed by atoms with Gasteiger partial charge in [-0.15, -0.1) is 11.3 Å². The van der Waals surface area contributed by atoms with Crippen LogP contribution in [0, 0.1) is 13.8 Å². The van der Waals surface area contributed by atoms with Crippen LogP contribution in [0.25, 0.3) is 0 Å². The average molecular weight is 226 g/mol. The highest BCUT2D eigenvalue weighted by atomic mass is 32.1. The van der Waals surface area contributed by atoms with Crippen molar-refractivity contribution in [1.82, 2.24) is 0 Å². The second kappa shape index (κ2) is 7.02. The van der Waals surface area contributed by atoms with E-state index in [0.29, 0.717) is 0 Å². The second-order valence-electron chi connectivity index (χ2n) is 4.01. The first-order chi connectivity index (χ1) is 7.24. The summed E-state index contributed by atoms with van der Waals surface area (Å²) in [4.78, 5) is 2.86. The first kappa shape index (κ1) is 12.7. The van der Waals surface area contributed by atoms with Crippen molar-refractivity contribution in [2.24, 2.45) is 0 Å². The molecular weight excluding hydrogens is 204 g/mol. The highest BCUT2D eigenvalue weighted by Crippen LogP contribution is 2.20. The molecule has 0 aliphatic carbocycles. The number of ether oxygens (including phenoxy) is 1. The van der Waals surface area contributed by atoms with E-state index >= 15 is 0 Å². The molecule has 0 radical (unpaired) electrons. The quantitative estimate of drug-likeness (QED) is 0.636. The minimum atomic E-state index is 0.876. The molecular formula is C13H22OS. The maximum Gasteiger partial charge on any atom is 0.0506 e. The van der Waals surface area contributed by atoms with Crippen LogP contribution in [-0.2, 0) is 11.2 Å². The van der Waals surface area contributed by atoms with Crippen molar-refractivity contribution in [3.05, 3.63) is 21.4 Å². The fourth-order valence-electron chi connectivity index (χ4n) is 1.67. The van der Waals surface area contributed by atoms with Crippen LogP contribution in [0.4, 0.5) is 0 Å². The van der Waals surface area contributed by atoms with Gasteiger partial charge >= 0.3 is 0 Å². The van der Waals surface area contributed by atoms with E-state index < -0.39 is 0 Å². The highest BCUT2D eigenvalue weighted by Gasteiger charge is 2.01. The fourth-order valence-corrected chi connectivity index (χ4v) is 2.65. The van der Waals surface area contributed by atoms with Crippen molar-refractivity contribution in [3.8, 4) is 0 Å². The minimum absolute atomic E-state index is 0.876. The molecule has 1 nitrogen and oxygen atoms in total. The summed E-state index contributed by atoms with van der Waals surface area (Å²) >= 11 is 1.89. The molecule has 0 aliphatic heterocycles. The lowest BCUT2D eigenvalue weighted by Gasteiger charge is -2.03. The standard InChI is InChI=1S/C13H22OS/c1-4-5-6-8-14-9-7-13-10-11(2)15-12(13)3/h10H,4-9H2,1-3H3. The van der Waals surface area contributed by atoms with Crippen molar-refractivity contribution in [2.75, 3.05) is 13.2 Å². The normalized spacial score (nSPS) is 10.9. The monoisotopic (exact) mass is 226 g/mol. The van der Waals surface area contributed by atoms with Crippen LogP contribution in [0.1, 0.15) is 41.5 Å². The molecule has 0 N–H and O–H groups in total. The van der Waals surface area contributed by atoms with Gasteiger partial charge in [0.2, 0.25) is 0 Å². The smallest absolute Gasteiger partial charge is 0.0506 e. The summed E-state index contributed by atoms with van der Waals surface area (Å²) in [5.74, 6) is 0. The van der Waals surface area contributed by atoms with Gasteiger partial charge in [0.15, 0.2) is 0 Å². The molecule has 0 saturated heterocycles. The molecule has 0 fully saturated rings. The van der Waals surface area contributed by atoms with Gasteiger partial charge in [-0.05, 0) is 38.3 Å². The molecule has 1 heterocycles. The maximum absolute atomic E-state index is 5.61. The number of hydrogen-bond acceptors (Lipinski definition) is 2. The van der Waals surface area contributed by atoms with E-state index in [-0.39, 0.29) is 0 Å². The molecule has 0 aromatic carbocycles. The average Bonchev–Trinajstić information content (AvgIpc) is 2.51. The van der Waals surface area contributed by atoms with E-state index in [9.17, 15) is 0 Å². The van der Waals surface area contributed by atoms with E-state index in [0.717, 1.165) is 19.6 Å². The van der Waals surface area contributed by atoms with Crippen LogP contribution in [-0.4, -0.2) is 13.2 Å². The Kier molecular flexibility index (Phi) is 5.96. The summed E-state index contributed by atoms with van der Waals surface area (Å²) in [6.07, 6.45) is 4.84. The van der Waals surface area contributed by atoms with Gasteiger partial charge in [0.25, 0.3) is 0 Å². The van der Waals surface area contributed by atoms with Gasteiger partial charge in [-0.1, -0.05) is 19.8 Å². The van der Waals surface area contributed by atoms with E-state index in [1.165, 1.54) is 34.6 Å². The first-order valence-corrected chi connectivity index (χ1v) is 6.69. The summed E-state index contributed by atoms with van der Waals surface area (Å²) in [5.41, 5.74) is 1.47. The van der Waals surface area contributed by atoms with Crippen LogP contribution in [0.2, 0.25) is 0 Å². The molecule has 0 spiro atoms. The van der Waals surface area contributed by atoms with Crippen LogP contribution in [0.15, 0.2) is 6.07 Å². The Morgan fingerprint density at radius 2 is 2.00 bits per heavy atom. The molecule has 0 atom stereocenters. The molecule has 0 unspecified atom stereocenters. The van der Waals surface area contributed by atoms with Crippen LogP contribution < -0.4 is 0 Å². The van der Waals surface area contributed by atoms with Crippen LogP contribution in [0.5, 0.6) is 0 Å². The van der Waals surface area contributed by atoms with Gasteiger partial charge in [-0.3, -0.25) is 0 Å². The van der Waals surface area contributed by atoms with Gasteiger partial charge in [0.05, 0.1) is 6.61 Å². The van der Waals surface area contributed by atoms with Crippen molar-refractivity contribution in [1.29, 1.82) is 0 Å². The van der Waals surface area contributed by atoms with Crippen molar-refractivity contribution in [3.63, 3.8) is 0 Å². The summed E-state index contributed by atoms with van der Waals surface area (Å²) in [6, 6.07) is 2.29. The van der Waals surface area contributed by atoms with E-state index in [2.05, 4.69) is 26.8 Å². The first-order valence-electron chi connectivity index (χ1n) is 5.87. The second-order valence-corrected chi connectivity index (χ2v) is 5.47. The summed E-state index contributed by atoms with van der Waals surface area (Å²) in [7, 11) is 0. The number of rotatable bonds is 7. The van der Waals surface area contributed by atoms with E-state index in [1.807, 2.05) is 11.3 Å². The molecule has 1 aromatic heterocycles. The van der Waals surface area contributed by atoms with Gasteiger partial charge < -0.3 is 4.74 Å². The molecule has 0 bridgehead atoms. The molecule has 1 aromatic rings. The Balaban J connectivity index is 2.12. The van der Waals surface area contributed by atoms with Gasteiger partial charge in [0.1, 0.15) is 0 Å². The Morgan fingerprint density at radius 1 is 1.20 bits per heavy atom. The summed E-state index contributed by atoms with van der Waals surface area (Å²) < 4.78 is 5.61. The van der Waals surface area contributed by atoms with Crippen LogP contribution in [0.3, 0.4) is 0 Å². The molecule has 1 rings (SSSR count). The van der Waals surface area contributed by atoms with Crippen molar-refractivity contribution < 1.29 is 4.74 Å². The fraction of sp³-hybridized carbons (Fsp3) is 0.692. The molecule has 86 valence electrons. The zero-order valence-electron chi connectivity index (χ0n) is 10.1. The third-order valence-corrected chi connectivity index (χ3v) is 3.56.